The number of para-hydroxylation sites is 1. The molecule has 5 rings (SSSR count). The van der Waals surface area contributed by atoms with Crippen molar-refractivity contribution >= 4 is 39.7 Å². The van der Waals surface area contributed by atoms with Crippen LogP contribution in [-0.4, -0.2) is 61.6 Å². The zero-order chi connectivity index (χ0) is 24.4. The van der Waals surface area contributed by atoms with Gasteiger partial charge in [0.15, 0.2) is 5.65 Å². The Labute approximate surface area is 207 Å². The molecular formula is C26H28FN5O2S. The molecule has 0 spiro atoms. The van der Waals surface area contributed by atoms with Gasteiger partial charge in [-0.2, -0.15) is 0 Å². The Kier molecular flexibility index (Phi) is 6.97. The molecule has 4 aromatic rings. The maximum atomic E-state index is 13.4. The average molecular weight is 494 g/mol. The van der Waals surface area contributed by atoms with E-state index in [2.05, 4.69) is 14.8 Å². The van der Waals surface area contributed by atoms with E-state index in [1.54, 1.807) is 12.1 Å². The second-order valence-electron chi connectivity index (χ2n) is 9.00. The van der Waals surface area contributed by atoms with Gasteiger partial charge in [-0.15, -0.1) is 10.2 Å². The number of carbonyl (C=O) groups excluding carboxylic acids is 1. The lowest BCUT2D eigenvalue weighted by molar-refractivity contribution is -0.143. The quantitative estimate of drug-likeness (QED) is 0.275. The summed E-state index contributed by atoms with van der Waals surface area (Å²) in [5.74, 6) is 0.642. The first-order valence-electron chi connectivity index (χ1n) is 11.9. The summed E-state index contributed by atoms with van der Waals surface area (Å²) in [6.45, 7) is 5.86. The fraction of sp³-hybridized carbons (Fsp3) is 0.385. The van der Waals surface area contributed by atoms with Crippen LogP contribution in [0.15, 0.2) is 53.7 Å². The normalized spacial score (nSPS) is 18.4. The van der Waals surface area contributed by atoms with Crippen LogP contribution in [0.2, 0.25) is 0 Å². The van der Waals surface area contributed by atoms with Crippen molar-refractivity contribution in [3.8, 4) is 0 Å². The van der Waals surface area contributed by atoms with Gasteiger partial charge in [0.05, 0.1) is 17.7 Å². The molecule has 2 aromatic heterocycles. The number of nitrogens with zero attached hydrogens (tertiary/aromatic N) is 5. The Balaban J connectivity index is 1.29. The van der Waals surface area contributed by atoms with Crippen LogP contribution in [0.25, 0.3) is 22.1 Å². The van der Waals surface area contributed by atoms with Crippen molar-refractivity contribution in [2.75, 3.05) is 18.8 Å². The maximum Gasteiger partial charge on any atom is 0.222 e. The molecule has 2 unspecified atom stereocenters. The SMILES string of the molecule is CC1CN(C(=O)CCCSc2nnc3c4ccccc4n(Cc4ccc(F)cc4)c3n2)CC(C)O1. The monoisotopic (exact) mass is 493 g/mol. The van der Waals surface area contributed by atoms with E-state index in [1.807, 2.05) is 43.0 Å². The van der Waals surface area contributed by atoms with Crippen molar-refractivity contribution < 1.29 is 13.9 Å². The summed E-state index contributed by atoms with van der Waals surface area (Å²) in [5.41, 5.74) is 3.49. The fourth-order valence-corrected chi connectivity index (χ4v) is 5.33. The van der Waals surface area contributed by atoms with Gasteiger partial charge in [0.2, 0.25) is 11.1 Å². The molecule has 9 heteroatoms. The van der Waals surface area contributed by atoms with Gasteiger partial charge in [0, 0.05) is 37.2 Å². The third-order valence-electron chi connectivity index (χ3n) is 6.15. The Morgan fingerprint density at radius 1 is 1.09 bits per heavy atom. The summed E-state index contributed by atoms with van der Waals surface area (Å²) < 4.78 is 21.2. The summed E-state index contributed by atoms with van der Waals surface area (Å²) in [4.78, 5) is 19.3. The highest BCUT2D eigenvalue weighted by Crippen LogP contribution is 2.28. The molecule has 0 bridgehead atoms. The van der Waals surface area contributed by atoms with Gasteiger partial charge >= 0.3 is 0 Å². The molecule has 0 radical (unpaired) electrons. The number of rotatable bonds is 7. The molecule has 1 aliphatic heterocycles. The van der Waals surface area contributed by atoms with E-state index in [0.717, 1.165) is 39.8 Å². The highest BCUT2D eigenvalue weighted by atomic mass is 32.2. The predicted molar refractivity (Wildman–Crippen MR) is 135 cm³/mol. The number of aromatic nitrogens is 4. The van der Waals surface area contributed by atoms with Crippen LogP contribution in [0.4, 0.5) is 4.39 Å². The minimum atomic E-state index is -0.255. The number of benzene rings is 2. The largest absolute Gasteiger partial charge is 0.372 e. The minimum Gasteiger partial charge on any atom is -0.372 e. The lowest BCUT2D eigenvalue weighted by atomic mass is 10.2. The minimum absolute atomic E-state index is 0.0740. The number of hydrogen-bond donors (Lipinski definition) is 0. The Morgan fingerprint density at radius 2 is 1.83 bits per heavy atom. The molecule has 0 saturated carbocycles. The molecule has 3 heterocycles. The van der Waals surface area contributed by atoms with Crippen molar-refractivity contribution in [3.05, 3.63) is 59.9 Å². The third-order valence-corrected chi connectivity index (χ3v) is 7.07. The molecule has 0 aliphatic carbocycles. The summed E-state index contributed by atoms with van der Waals surface area (Å²) in [7, 11) is 0. The Hall–Kier alpha value is -3.04. The summed E-state index contributed by atoms with van der Waals surface area (Å²) in [6.07, 6.45) is 1.38. The van der Waals surface area contributed by atoms with Gasteiger partial charge in [-0.25, -0.2) is 9.37 Å². The zero-order valence-corrected chi connectivity index (χ0v) is 20.7. The third kappa shape index (κ3) is 5.31. The molecule has 1 fully saturated rings. The molecule has 2 aromatic carbocycles. The van der Waals surface area contributed by atoms with Crippen molar-refractivity contribution in [1.82, 2.24) is 24.6 Å². The molecule has 1 saturated heterocycles. The van der Waals surface area contributed by atoms with Crippen LogP contribution >= 0.6 is 11.8 Å². The van der Waals surface area contributed by atoms with Crippen LogP contribution < -0.4 is 0 Å². The second kappa shape index (κ2) is 10.3. The highest BCUT2D eigenvalue weighted by Gasteiger charge is 2.25. The molecular weight excluding hydrogens is 465 g/mol. The topological polar surface area (TPSA) is 73.1 Å². The van der Waals surface area contributed by atoms with E-state index in [9.17, 15) is 9.18 Å². The molecule has 7 nitrogen and oxygen atoms in total. The number of halogens is 1. The van der Waals surface area contributed by atoms with Crippen molar-refractivity contribution in [3.63, 3.8) is 0 Å². The van der Waals surface area contributed by atoms with E-state index in [1.165, 1.54) is 23.9 Å². The van der Waals surface area contributed by atoms with Crippen molar-refractivity contribution in [1.29, 1.82) is 0 Å². The lowest BCUT2D eigenvalue weighted by Crippen LogP contribution is -2.48. The fourth-order valence-electron chi connectivity index (χ4n) is 4.61. The van der Waals surface area contributed by atoms with Crippen LogP contribution in [0.1, 0.15) is 32.3 Å². The van der Waals surface area contributed by atoms with Gasteiger partial charge in [-0.1, -0.05) is 42.1 Å². The van der Waals surface area contributed by atoms with Gasteiger partial charge < -0.3 is 14.2 Å². The van der Waals surface area contributed by atoms with E-state index >= 15 is 0 Å². The van der Waals surface area contributed by atoms with E-state index in [0.29, 0.717) is 31.2 Å². The van der Waals surface area contributed by atoms with Crippen molar-refractivity contribution in [2.24, 2.45) is 0 Å². The van der Waals surface area contributed by atoms with E-state index < -0.39 is 0 Å². The molecule has 182 valence electrons. The number of hydrogen-bond acceptors (Lipinski definition) is 6. The Bertz CT molecular complexity index is 1330. The molecule has 35 heavy (non-hydrogen) atoms. The first-order chi connectivity index (χ1) is 17.0. The summed E-state index contributed by atoms with van der Waals surface area (Å²) >= 11 is 1.51. The summed E-state index contributed by atoms with van der Waals surface area (Å²) in [5, 5.41) is 10.4. The number of thioether (sulfide) groups is 1. The average Bonchev–Trinajstić information content (AvgIpc) is 3.15. The van der Waals surface area contributed by atoms with Crippen LogP contribution in [0.5, 0.6) is 0 Å². The number of fused-ring (bicyclic) bond motifs is 3. The molecule has 1 amide bonds. The first kappa shape index (κ1) is 23.7. The maximum absolute atomic E-state index is 13.4. The van der Waals surface area contributed by atoms with Crippen LogP contribution in [0, 0.1) is 5.82 Å². The van der Waals surface area contributed by atoms with E-state index in [4.69, 9.17) is 9.72 Å². The van der Waals surface area contributed by atoms with Gasteiger partial charge in [-0.3, -0.25) is 4.79 Å². The molecule has 0 N–H and O–H groups in total. The smallest absolute Gasteiger partial charge is 0.222 e. The number of carbonyl (C=O) groups is 1. The van der Waals surface area contributed by atoms with Gasteiger partial charge in [0.25, 0.3) is 0 Å². The predicted octanol–water partition coefficient (Wildman–Crippen LogP) is 4.68. The molecule has 2 atom stereocenters. The molecule has 1 aliphatic rings. The summed E-state index contributed by atoms with van der Waals surface area (Å²) in [6, 6.07) is 14.5. The number of amides is 1. The van der Waals surface area contributed by atoms with Crippen molar-refractivity contribution in [2.45, 2.75) is 50.6 Å². The van der Waals surface area contributed by atoms with Gasteiger partial charge in [0.1, 0.15) is 11.3 Å². The first-order valence-corrected chi connectivity index (χ1v) is 12.9. The highest BCUT2D eigenvalue weighted by molar-refractivity contribution is 7.99. The lowest BCUT2D eigenvalue weighted by Gasteiger charge is -2.35. The van der Waals surface area contributed by atoms with E-state index in [-0.39, 0.29) is 23.9 Å². The standard InChI is InChI=1S/C26H28FN5O2S/c1-17-14-31(15-18(2)34-17)23(33)8-5-13-35-26-28-25-24(29-30-26)21-6-3-4-7-22(21)32(25)16-19-9-11-20(27)12-10-19/h3-4,6-7,9-12,17-18H,5,8,13-16H2,1-2H3. The van der Waals surface area contributed by atoms with Crippen LogP contribution in [-0.2, 0) is 16.1 Å². The Morgan fingerprint density at radius 3 is 2.60 bits per heavy atom. The van der Waals surface area contributed by atoms with Gasteiger partial charge in [-0.05, 0) is 44.0 Å². The number of ether oxygens (including phenoxy) is 1. The zero-order valence-electron chi connectivity index (χ0n) is 19.9. The number of morpholine rings is 1. The second-order valence-corrected chi connectivity index (χ2v) is 10.1. The van der Waals surface area contributed by atoms with Crippen LogP contribution in [0.3, 0.4) is 0 Å².